The number of nitro benzene ring substituents is 1. The average molecular weight is 470 g/mol. The van der Waals surface area contributed by atoms with E-state index in [1.807, 2.05) is 78.9 Å². The first-order valence-electron chi connectivity index (χ1n) is 11.7. The fraction of sp³-hybridized carbons (Fsp3) is 0.222. The van der Waals surface area contributed by atoms with Gasteiger partial charge in [0.2, 0.25) is 0 Å². The molecule has 2 heterocycles. The number of hydrogen-bond donors (Lipinski definition) is 1. The predicted octanol–water partition coefficient (Wildman–Crippen LogP) is 5.11. The van der Waals surface area contributed by atoms with E-state index in [2.05, 4.69) is 20.3 Å². The van der Waals surface area contributed by atoms with Crippen molar-refractivity contribution in [3.05, 3.63) is 118 Å². The second kappa shape index (κ2) is 10.4. The Kier molecular flexibility index (Phi) is 6.72. The van der Waals surface area contributed by atoms with Gasteiger partial charge in [0.15, 0.2) is 0 Å². The summed E-state index contributed by atoms with van der Waals surface area (Å²) >= 11 is 0. The van der Waals surface area contributed by atoms with Crippen molar-refractivity contribution in [3.63, 3.8) is 0 Å². The van der Waals surface area contributed by atoms with Gasteiger partial charge in [-0.25, -0.2) is 0 Å². The Labute approximate surface area is 203 Å². The molecule has 0 atom stereocenters. The molecular weight excluding hydrogens is 442 g/mol. The van der Waals surface area contributed by atoms with Crippen molar-refractivity contribution in [2.24, 2.45) is 0 Å². The molecule has 1 aliphatic heterocycles. The van der Waals surface area contributed by atoms with E-state index < -0.39 is 0 Å². The summed E-state index contributed by atoms with van der Waals surface area (Å²) in [6.07, 6.45) is 1.58. The molecule has 0 amide bonds. The Morgan fingerprint density at radius 3 is 2.14 bits per heavy atom. The lowest BCUT2D eigenvalue weighted by Crippen LogP contribution is -2.46. The van der Waals surface area contributed by atoms with Crippen LogP contribution in [0.15, 0.2) is 95.7 Å². The van der Waals surface area contributed by atoms with Crippen molar-refractivity contribution >= 4 is 17.1 Å². The highest BCUT2D eigenvalue weighted by Crippen LogP contribution is 2.35. The summed E-state index contributed by atoms with van der Waals surface area (Å²) in [6.45, 7) is 4.03. The molecule has 0 bridgehead atoms. The van der Waals surface area contributed by atoms with Crippen LogP contribution < -0.4 is 10.2 Å². The van der Waals surface area contributed by atoms with Gasteiger partial charge in [-0.15, -0.1) is 0 Å². The number of anilines is 2. The van der Waals surface area contributed by atoms with Crippen molar-refractivity contribution in [1.82, 2.24) is 10.1 Å². The number of benzene rings is 3. The molecule has 1 aliphatic rings. The van der Waals surface area contributed by atoms with Crippen LogP contribution in [0.4, 0.5) is 17.1 Å². The number of rotatable bonds is 8. The normalized spacial score (nSPS) is 14.3. The van der Waals surface area contributed by atoms with E-state index in [1.54, 1.807) is 12.3 Å². The van der Waals surface area contributed by atoms with E-state index in [1.165, 1.54) is 0 Å². The molecule has 0 aliphatic carbocycles. The van der Waals surface area contributed by atoms with Crippen molar-refractivity contribution in [2.45, 2.75) is 12.6 Å². The largest absolute Gasteiger partial charge is 0.369 e. The molecule has 1 N–H and O–H groups in total. The van der Waals surface area contributed by atoms with Gasteiger partial charge in [-0.2, -0.15) is 0 Å². The van der Waals surface area contributed by atoms with Crippen LogP contribution in [0.5, 0.6) is 0 Å². The van der Waals surface area contributed by atoms with Crippen LogP contribution in [0.3, 0.4) is 0 Å². The summed E-state index contributed by atoms with van der Waals surface area (Å²) < 4.78 is 4.92. The maximum Gasteiger partial charge on any atom is 0.294 e. The molecule has 35 heavy (non-hydrogen) atoms. The molecule has 4 aromatic rings. The highest BCUT2D eigenvalue weighted by molar-refractivity contribution is 5.70. The maximum absolute atomic E-state index is 12.1. The summed E-state index contributed by atoms with van der Waals surface area (Å²) in [5, 5.41) is 19.5. The SMILES string of the molecule is O=[N+]([O-])c1cc(N2CCN(Cc3ccon3)CC2)ccc1NC(c1ccccc1)c1ccccc1. The first-order chi connectivity index (χ1) is 17.2. The topological polar surface area (TPSA) is 87.7 Å². The van der Waals surface area contributed by atoms with Gasteiger partial charge in [-0.05, 0) is 23.3 Å². The van der Waals surface area contributed by atoms with E-state index in [9.17, 15) is 10.1 Å². The van der Waals surface area contributed by atoms with Crippen LogP contribution >= 0.6 is 0 Å². The van der Waals surface area contributed by atoms with Gasteiger partial charge in [-0.1, -0.05) is 65.8 Å². The minimum Gasteiger partial charge on any atom is -0.369 e. The van der Waals surface area contributed by atoms with Gasteiger partial charge >= 0.3 is 0 Å². The van der Waals surface area contributed by atoms with Gasteiger partial charge in [0.1, 0.15) is 12.0 Å². The molecule has 3 aromatic carbocycles. The Morgan fingerprint density at radius 2 is 1.57 bits per heavy atom. The summed E-state index contributed by atoms with van der Waals surface area (Å²) in [5.41, 5.74) is 4.43. The first kappa shape index (κ1) is 22.6. The number of nitrogens with zero attached hydrogens (tertiary/aromatic N) is 4. The fourth-order valence-electron chi connectivity index (χ4n) is 4.51. The van der Waals surface area contributed by atoms with Crippen molar-refractivity contribution in [3.8, 4) is 0 Å². The molecule has 1 aromatic heterocycles. The summed E-state index contributed by atoms with van der Waals surface area (Å²) in [4.78, 5) is 16.3. The van der Waals surface area contributed by atoms with E-state index in [0.717, 1.165) is 55.2 Å². The van der Waals surface area contributed by atoms with E-state index in [0.29, 0.717) is 5.69 Å². The second-order valence-electron chi connectivity index (χ2n) is 8.61. The van der Waals surface area contributed by atoms with Gasteiger partial charge in [-0.3, -0.25) is 15.0 Å². The molecule has 1 fully saturated rings. The Morgan fingerprint density at radius 1 is 0.914 bits per heavy atom. The summed E-state index contributed by atoms with van der Waals surface area (Å²) in [6, 6.07) is 27.1. The quantitative estimate of drug-likeness (QED) is 0.283. The molecule has 0 unspecified atom stereocenters. The van der Waals surface area contributed by atoms with Crippen LogP contribution in [-0.2, 0) is 6.54 Å². The van der Waals surface area contributed by atoms with Crippen molar-refractivity contribution in [1.29, 1.82) is 0 Å². The van der Waals surface area contributed by atoms with Crippen LogP contribution in [0, 0.1) is 10.1 Å². The Hall–Kier alpha value is -4.17. The molecular formula is C27H27N5O3. The molecule has 5 rings (SSSR count). The lowest BCUT2D eigenvalue weighted by Gasteiger charge is -2.35. The van der Waals surface area contributed by atoms with Gasteiger partial charge in [0.05, 0.1) is 16.7 Å². The standard InChI is InChI=1S/C27H27N5O3/c33-32(34)26-19-24(31-16-14-30(15-17-31)20-23-13-18-35-29-23)11-12-25(26)28-27(21-7-3-1-4-8-21)22-9-5-2-6-10-22/h1-13,18-19,27-28H,14-17,20H2. The molecule has 0 saturated carbocycles. The molecule has 1 saturated heterocycles. The van der Waals surface area contributed by atoms with Crippen LogP contribution in [-0.4, -0.2) is 41.2 Å². The van der Waals surface area contributed by atoms with Crippen molar-refractivity contribution < 1.29 is 9.45 Å². The zero-order valence-electron chi connectivity index (χ0n) is 19.3. The van der Waals surface area contributed by atoms with Crippen LogP contribution in [0.2, 0.25) is 0 Å². The summed E-state index contributed by atoms with van der Waals surface area (Å²) in [5.74, 6) is 0. The van der Waals surface area contributed by atoms with E-state index in [-0.39, 0.29) is 16.7 Å². The minimum absolute atomic E-state index is 0.0735. The second-order valence-corrected chi connectivity index (χ2v) is 8.61. The number of piperazine rings is 1. The third-order valence-electron chi connectivity index (χ3n) is 6.36. The predicted molar refractivity (Wildman–Crippen MR) is 135 cm³/mol. The number of aromatic nitrogens is 1. The van der Waals surface area contributed by atoms with Gasteiger partial charge in [0, 0.05) is 50.5 Å². The highest BCUT2D eigenvalue weighted by atomic mass is 16.6. The molecule has 8 heteroatoms. The average Bonchev–Trinajstić information content (AvgIpc) is 3.42. The molecule has 0 spiro atoms. The number of hydrogen-bond acceptors (Lipinski definition) is 7. The van der Waals surface area contributed by atoms with Crippen molar-refractivity contribution in [2.75, 3.05) is 36.4 Å². The lowest BCUT2D eigenvalue weighted by molar-refractivity contribution is -0.383. The van der Waals surface area contributed by atoms with Gasteiger partial charge < -0.3 is 14.7 Å². The fourth-order valence-corrected chi connectivity index (χ4v) is 4.51. The lowest BCUT2D eigenvalue weighted by atomic mass is 9.98. The molecule has 178 valence electrons. The Bertz CT molecular complexity index is 1200. The first-order valence-corrected chi connectivity index (χ1v) is 11.7. The monoisotopic (exact) mass is 469 g/mol. The smallest absolute Gasteiger partial charge is 0.294 e. The third kappa shape index (κ3) is 5.33. The maximum atomic E-state index is 12.1. The number of nitrogens with one attached hydrogen (secondary N) is 1. The van der Waals surface area contributed by atoms with E-state index >= 15 is 0 Å². The molecule has 0 radical (unpaired) electrons. The minimum atomic E-state index is -0.306. The van der Waals surface area contributed by atoms with Crippen LogP contribution in [0.25, 0.3) is 0 Å². The van der Waals surface area contributed by atoms with Gasteiger partial charge in [0.25, 0.3) is 5.69 Å². The molecule has 8 nitrogen and oxygen atoms in total. The highest BCUT2D eigenvalue weighted by Gasteiger charge is 2.24. The third-order valence-corrected chi connectivity index (χ3v) is 6.36. The zero-order chi connectivity index (χ0) is 24.0. The zero-order valence-corrected chi connectivity index (χ0v) is 19.3. The van der Waals surface area contributed by atoms with E-state index in [4.69, 9.17) is 4.52 Å². The van der Waals surface area contributed by atoms with Crippen LogP contribution in [0.1, 0.15) is 22.9 Å². The number of nitro groups is 1. The summed E-state index contributed by atoms with van der Waals surface area (Å²) in [7, 11) is 0. The Balaban J connectivity index is 1.35.